The lowest BCUT2D eigenvalue weighted by Gasteiger charge is -2.00. The third kappa shape index (κ3) is 1.45. The molecule has 0 aliphatic heterocycles. The third-order valence-electron chi connectivity index (χ3n) is 1.87. The second kappa shape index (κ2) is 3.47. The van der Waals surface area contributed by atoms with Crippen molar-refractivity contribution in [3.8, 4) is 0 Å². The zero-order valence-corrected chi connectivity index (χ0v) is 7.57. The summed E-state index contributed by atoms with van der Waals surface area (Å²) < 4.78 is 0. The molecule has 2 aromatic rings. The van der Waals surface area contributed by atoms with Crippen molar-refractivity contribution >= 4 is 16.9 Å². The Hall–Kier alpha value is -1.88. The van der Waals surface area contributed by atoms with Crippen LogP contribution in [0.25, 0.3) is 10.9 Å². The molecule has 0 saturated carbocycles. The molecule has 2 N–H and O–H groups in total. The van der Waals surface area contributed by atoms with Crippen LogP contribution < -0.4 is 5.48 Å². The van der Waals surface area contributed by atoms with Gasteiger partial charge in [-0.2, -0.15) is 10.6 Å². The fraction of sp³-hybridized carbons (Fsp3) is 0.111. The summed E-state index contributed by atoms with van der Waals surface area (Å²) in [7, 11) is 1.53. The minimum atomic E-state index is -0.413. The molecule has 0 unspecified atom stereocenters. The van der Waals surface area contributed by atoms with E-state index in [2.05, 4.69) is 20.5 Å². The van der Waals surface area contributed by atoms with Gasteiger partial charge in [-0.05, 0) is 12.1 Å². The van der Waals surface area contributed by atoms with Gasteiger partial charge in [0, 0.05) is 12.4 Å². The number of nitrogens with one attached hydrogen (secondary N) is 2. The normalized spacial score (nSPS) is 10.4. The first kappa shape index (κ1) is 8.71. The van der Waals surface area contributed by atoms with Gasteiger partial charge in [0.05, 0.1) is 17.3 Å². The summed E-state index contributed by atoms with van der Waals surface area (Å²) >= 11 is 0. The zero-order chi connectivity index (χ0) is 9.97. The molecule has 72 valence electrons. The second-order valence-corrected chi connectivity index (χ2v) is 2.77. The molecule has 0 fully saturated rings. The van der Waals surface area contributed by atoms with Crippen LogP contribution in [0.4, 0.5) is 0 Å². The summed E-state index contributed by atoms with van der Waals surface area (Å²) in [6, 6.07) is 5.20. The maximum absolute atomic E-state index is 11.3. The van der Waals surface area contributed by atoms with Crippen LogP contribution in [-0.4, -0.2) is 23.2 Å². The minimum Gasteiger partial charge on any atom is -0.367 e. The van der Waals surface area contributed by atoms with E-state index in [1.54, 1.807) is 18.3 Å². The van der Waals surface area contributed by atoms with Gasteiger partial charge in [-0.3, -0.25) is 5.10 Å². The van der Waals surface area contributed by atoms with Gasteiger partial charge in [-0.1, -0.05) is 6.07 Å². The number of nitrogens with zero attached hydrogens (tertiary/aromatic N) is 1. The summed E-state index contributed by atoms with van der Waals surface area (Å²) in [4.78, 5) is 15.9. The number of hydrogen-bond acceptors (Lipinski definition) is 4. The fourth-order valence-electron chi connectivity index (χ4n) is 1.22. The molecule has 0 aliphatic rings. The molecule has 5 heteroatoms. The van der Waals surface area contributed by atoms with E-state index in [0.717, 1.165) is 10.9 Å². The number of carbonyl (C=O) groups excluding carboxylic acids is 1. The SMILES string of the molecule is CNOC(=O)c1ccc2cn[nH]c2c1. The first-order chi connectivity index (χ1) is 6.81. The highest BCUT2D eigenvalue weighted by Crippen LogP contribution is 2.12. The number of carbonyl (C=O) groups is 1. The topological polar surface area (TPSA) is 67.0 Å². The Bertz CT molecular complexity index is 464. The van der Waals surface area contributed by atoms with E-state index < -0.39 is 5.97 Å². The molecule has 0 bridgehead atoms. The summed E-state index contributed by atoms with van der Waals surface area (Å²) in [5.74, 6) is -0.413. The Morgan fingerprint density at radius 1 is 1.57 bits per heavy atom. The number of fused-ring (bicyclic) bond motifs is 1. The predicted molar refractivity (Wildman–Crippen MR) is 50.6 cm³/mol. The van der Waals surface area contributed by atoms with Crippen LogP contribution in [0.2, 0.25) is 0 Å². The molecule has 0 radical (unpaired) electrons. The minimum absolute atomic E-state index is 0.413. The quantitative estimate of drug-likeness (QED) is 0.691. The predicted octanol–water partition coefficient (Wildman–Crippen LogP) is 0.854. The maximum atomic E-state index is 11.3. The molecule has 0 spiro atoms. The average Bonchev–Trinajstić information content (AvgIpc) is 2.64. The lowest BCUT2D eigenvalue weighted by molar-refractivity contribution is 0.0310. The molecule has 1 aromatic carbocycles. The Morgan fingerprint density at radius 2 is 2.43 bits per heavy atom. The van der Waals surface area contributed by atoms with Gasteiger partial charge in [0.2, 0.25) is 0 Å². The first-order valence-electron chi connectivity index (χ1n) is 4.12. The Kier molecular flexibility index (Phi) is 2.16. The van der Waals surface area contributed by atoms with Crippen LogP contribution in [0.5, 0.6) is 0 Å². The Balaban J connectivity index is 2.38. The summed E-state index contributed by atoms with van der Waals surface area (Å²) in [5.41, 5.74) is 3.63. The van der Waals surface area contributed by atoms with Crippen LogP contribution in [0.15, 0.2) is 24.4 Å². The number of rotatable bonds is 2. The summed E-state index contributed by atoms with van der Waals surface area (Å²) in [6.07, 6.45) is 1.70. The van der Waals surface area contributed by atoms with Crippen LogP contribution in [0.1, 0.15) is 10.4 Å². The van der Waals surface area contributed by atoms with E-state index in [9.17, 15) is 4.79 Å². The number of hydrogen-bond donors (Lipinski definition) is 2. The standard InChI is InChI=1S/C9H9N3O2/c1-10-14-9(13)6-2-3-7-5-11-12-8(7)4-6/h2-5,10H,1H3,(H,11,12). The van der Waals surface area contributed by atoms with Gasteiger partial charge in [-0.15, -0.1) is 0 Å². The van der Waals surface area contributed by atoms with Crippen molar-refractivity contribution in [1.82, 2.24) is 15.7 Å². The van der Waals surface area contributed by atoms with E-state index in [1.165, 1.54) is 7.05 Å². The molecular formula is C9H9N3O2. The van der Waals surface area contributed by atoms with Crippen LogP contribution in [0.3, 0.4) is 0 Å². The van der Waals surface area contributed by atoms with E-state index in [0.29, 0.717) is 5.56 Å². The highest BCUT2D eigenvalue weighted by atomic mass is 16.7. The number of benzene rings is 1. The molecular weight excluding hydrogens is 182 g/mol. The number of aromatic amines is 1. The van der Waals surface area contributed by atoms with E-state index in [4.69, 9.17) is 0 Å². The lowest BCUT2D eigenvalue weighted by Crippen LogP contribution is -2.14. The van der Waals surface area contributed by atoms with Gasteiger partial charge in [0.25, 0.3) is 0 Å². The molecule has 2 rings (SSSR count). The van der Waals surface area contributed by atoms with Crippen LogP contribution in [-0.2, 0) is 4.84 Å². The van der Waals surface area contributed by atoms with Crippen molar-refractivity contribution in [1.29, 1.82) is 0 Å². The van der Waals surface area contributed by atoms with Crippen molar-refractivity contribution in [3.05, 3.63) is 30.0 Å². The van der Waals surface area contributed by atoms with Gasteiger partial charge in [0.15, 0.2) is 0 Å². The monoisotopic (exact) mass is 191 g/mol. The van der Waals surface area contributed by atoms with Crippen molar-refractivity contribution in [3.63, 3.8) is 0 Å². The average molecular weight is 191 g/mol. The number of aromatic nitrogens is 2. The fourth-order valence-corrected chi connectivity index (χ4v) is 1.22. The maximum Gasteiger partial charge on any atom is 0.356 e. The third-order valence-corrected chi connectivity index (χ3v) is 1.87. The Labute approximate surface area is 80.0 Å². The van der Waals surface area contributed by atoms with Gasteiger partial charge >= 0.3 is 5.97 Å². The first-order valence-corrected chi connectivity index (χ1v) is 4.12. The molecule has 1 heterocycles. The highest BCUT2D eigenvalue weighted by molar-refractivity contribution is 5.93. The van der Waals surface area contributed by atoms with E-state index in [-0.39, 0.29) is 0 Å². The van der Waals surface area contributed by atoms with Crippen molar-refractivity contribution in [2.45, 2.75) is 0 Å². The van der Waals surface area contributed by atoms with Gasteiger partial charge < -0.3 is 4.84 Å². The summed E-state index contributed by atoms with van der Waals surface area (Å²) in [5, 5.41) is 7.60. The van der Waals surface area contributed by atoms with Gasteiger partial charge in [-0.25, -0.2) is 4.79 Å². The lowest BCUT2D eigenvalue weighted by atomic mass is 10.2. The molecule has 0 atom stereocenters. The zero-order valence-electron chi connectivity index (χ0n) is 7.57. The second-order valence-electron chi connectivity index (χ2n) is 2.77. The van der Waals surface area contributed by atoms with Crippen molar-refractivity contribution < 1.29 is 9.63 Å². The molecule has 1 aromatic heterocycles. The molecule has 0 aliphatic carbocycles. The largest absolute Gasteiger partial charge is 0.367 e. The van der Waals surface area contributed by atoms with E-state index in [1.807, 2.05) is 6.07 Å². The number of H-pyrrole nitrogens is 1. The number of hydroxylamine groups is 1. The smallest absolute Gasteiger partial charge is 0.356 e. The van der Waals surface area contributed by atoms with Crippen LogP contribution in [0, 0.1) is 0 Å². The highest BCUT2D eigenvalue weighted by Gasteiger charge is 2.07. The van der Waals surface area contributed by atoms with Crippen LogP contribution >= 0.6 is 0 Å². The summed E-state index contributed by atoms with van der Waals surface area (Å²) in [6.45, 7) is 0. The van der Waals surface area contributed by atoms with Crippen molar-refractivity contribution in [2.75, 3.05) is 7.05 Å². The molecule has 14 heavy (non-hydrogen) atoms. The van der Waals surface area contributed by atoms with Crippen molar-refractivity contribution in [2.24, 2.45) is 0 Å². The molecule has 0 saturated heterocycles. The molecule has 5 nitrogen and oxygen atoms in total. The van der Waals surface area contributed by atoms with E-state index >= 15 is 0 Å². The van der Waals surface area contributed by atoms with Gasteiger partial charge in [0.1, 0.15) is 0 Å². The molecule has 0 amide bonds. The Morgan fingerprint density at radius 3 is 3.21 bits per heavy atom.